The lowest BCUT2D eigenvalue weighted by Gasteiger charge is -2.31. The number of carbonyl (C=O) groups excluding carboxylic acids is 2. The zero-order valence-corrected chi connectivity index (χ0v) is 17.0. The Balaban J connectivity index is 2.05. The molecule has 0 radical (unpaired) electrons. The molecule has 5 heteroatoms. The van der Waals surface area contributed by atoms with Crippen molar-refractivity contribution in [1.29, 1.82) is 0 Å². The van der Waals surface area contributed by atoms with Crippen LogP contribution < -0.4 is 5.32 Å². The van der Waals surface area contributed by atoms with E-state index in [0.717, 1.165) is 18.4 Å². The Morgan fingerprint density at radius 1 is 1.11 bits per heavy atom. The first-order valence-corrected chi connectivity index (χ1v) is 9.91. The summed E-state index contributed by atoms with van der Waals surface area (Å²) in [6.45, 7) is 6.08. The molecule has 1 aromatic rings. The number of methoxy groups -OCH3 is 1. The van der Waals surface area contributed by atoms with Crippen molar-refractivity contribution in [2.45, 2.75) is 71.4 Å². The number of esters is 1. The van der Waals surface area contributed by atoms with Gasteiger partial charge in [0, 0.05) is 5.41 Å². The summed E-state index contributed by atoms with van der Waals surface area (Å²) >= 11 is 0. The van der Waals surface area contributed by atoms with Crippen LogP contribution in [0.25, 0.3) is 0 Å². The van der Waals surface area contributed by atoms with Crippen molar-refractivity contribution in [2.75, 3.05) is 7.11 Å². The van der Waals surface area contributed by atoms with Crippen molar-refractivity contribution in [3.63, 3.8) is 0 Å². The molecule has 0 aromatic heterocycles. The van der Waals surface area contributed by atoms with Gasteiger partial charge in [0.1, 0.15) is 12.1 Å². The Kier molecular flexibility index (Phi) is 7.69. The molecule has 27 heavy (non-hydrogen) atoms. The summed E-state index contributed by atoms with van der Waals surface area (Å²) in [6, 6.07) is 9.01. The second-order valence-corrected chi connectivity index (χ2v) is 8.52. The summed E-state index contributed by atoms with van der Waals surface area (Å²) in [7, 11) is 1.35. The predicted octanol–water partition coefficient (Wildman–Crippen LogP) is 5.01. The van der Waals surface area contributed by atoms with E-state index >= 15 is 0 Å². The van der Waals surface area contributed by atoms with Gasteiger partial charge in [-0.2, -0.15) is 0 Å². The van der Waals surface area contributed by atoms with Crippen LogP contribution in [0.3, 0.4) is 0 Å². The number of benzene rings is 1. The molecule has 0 heterocycles. The minimum Gasteiger partial charge on any atom is -0.467 e. The third-order valence-electron chi connectivity index (χ3n) is 5.19. The quantitative estimate of drug-likeness (QED) is 0.710. The van der Waals surface area contributed by atoms with Crippen molar-refractivity contribution in [3.05, 3.63) is 35.9 Å². The highest BCUT2D eigenvalue weighted by molar-refractivity contribution is 5.81. The standard InChI is InChI=1S/C22H33NO4/c1-22(2,3)19(17-13-9-6-10-14-17)27-21(25)23-18(20(24)26-4)15-16-11-7-5-8-12-16/h6,9-10,13-14,16,18-19H,5,7-8,11-12,15H2,1-4H3,(H,23,25)/t18-,19?/m0/s1. The zero-order valence-electron chi connectivity index (χ0n) is 17.0. The van der Waals surface area contributed by atoms with Gasteiger partial charge in [0.05, 0.1) is 7.11 Å². The van der Waals surface area contributed by atoms with Crippen LogP contribution in [0, 0.1) is 11.3 Å². The van der Waals surface area contributed by atoms with E-state index in [1.165, 1.54) is 26.4 Å². The Morgan fingerprint density at radius 2 is 1.74 bits per heavy atom. The topological polar surface area (TPSA) is 64.6 Å². The fraction of sp³-hybridized carbons (Fsp3) is 0.636. The number of alkyl carbamates (subject to hydrolysis) is 1. The van der Waals surface area contributed by atoms with Gasteiger partial charge < -0.3 is 14.8 Å². The first-order chi connectivity index (χ1) is 12.8. The molecule has 0 aliphatic heterocycles. The summed E-state index contributed by atoms with van der Waals surface area (Å²) in [4.78, 5) is 24.8. The molecule has 0 spiro atoms. The number of hydrogen-bond donors (Lipinski definition) is 1. The van der Waals surface area contributed by atoms with E-state index in [1.807, 2.05) is 51.1 Å². The van der Waals surface area contributed by atoms with E-state index in [1.54, 1.807) is 0 Å². The van der Waals surface area contributed by atoms with Crippen LogP contribution in [0.5, 0.6) is 0 Å². The molecule has 1 amide bonds. The smallest absolute Gasteiger partial charge is 0.408 e. The van der Waals surface area contributed by atoms with Crippen molar-refractivity contribution in [3.8, 4) is 0 Å². The van der Waals surface area contributed by atoms with Crippen LogP contribution in [-0.2, 0) is 14.3 Å². The molecule has 1 unspecified atom stereocenters. The highest BCUT2D eigenvalue weighted by Gasteiger charge is 2.32. The van der Waals surface area contributed by atoms with Crippen LogP contribution in [0.2, 0.25) is 0 Å². The highest BCUT2D eigenvalue weighted by atomic mass is 16.6. The number of rotatable bonds is 6. The number of ether oxygens (including phenoxy) is 2. The molecular formula is C22H33NO4. The minimum absolute atomic E-state index is 0.275. The minimum atomic E-state index is -0.665. The summed E-state index contributed by atoms with van der Waals surface area (Å²) < 4.78 is 10.7. The van der Waals surface area contributed by atoms with E-state index in [9.17, 15) is 9.59 Å². The lowest BCUT2D eigenvalue weighted by atomic mass is 9.84. The Hall–Kier alpha value is -2.04. The summed E-state index contributed by atoms with van der Waals surface area (Å²) in [6.07, 6.45) is 5.42. The third-order valence-corrected chi connectivity index (χ3v) is 5.19. The summed E-state index contributed by atoms with van der Waals surface area (Å²) in [5, 5.41) is 2.75. The van der Waals surface area contributed by atoms with Crippen molar-refractivity contribution < 1.29 is 19.1 Å². The maximum absolute atomic E-state index is 12.6. The average molecular weight is 376 g/mol. The van der Waals surface area contributed by atoms with Crippen LogP contribution in [-0.4, -0.2) is 25.2 Å². The monoisotopic (exact) mass is 375 g/mol. The van der Waals surface area contributed by atoms with Crippen LogP contribution in [0.15, 0.2) is 30.3 Å². The van der Waals surface area contributed by atoms with Crippen LogP contribution in [0.1, 0.15) is 71.0 Å². The van der Waals surface area contributed by atoms with Gasteiger partial charge in [-0.15, -0.1) is 0 Å². The molecule has 2 atom stereocenters. The normalized spacial score (nSPS) is 17.6. The van der Waals surface area contributed by atoms with E-state index in [2.05, 4.69) is 5.32 Å². The molecule has 1 aliphatic rings. The second-order valence-electron chi connectivity index (χ2n) is 8.52. The van der Waals surface area contributed by atoms with Gasteiger partial charge in [0.2, 0.25) is 0 Å². The molecule has 1 saturated carbocycles. The molecule has 1 aliphatic carbocycles. The lowest BCUT2D eigenvalue weighted by Crippen LogP contribution is -2.44. The van der Waals surface area contributed by atoms with Gasteiger partial charge >= 0.3 is 12.1 Å². The van der Waals surface area contributed by atoms with Crippen LogP contribution >= 0.6 is 0 Å². The molecule has 150 valence electrons. The average Bonchev–Trinajstić information content (AvgIpc) is 2.65. The number of nitrogens with one attached hydrogen (secondary N) is 1. The third kappa shape index (κ3) is 6.56. The highest BCUT2D eigenvalue weighted by Crippen LogP contribution is 2.36. The predicted molar refractivity (Wildman–Crippen MR) is 105 cm³/mol. The molecule has 1 N–H and O–H groups in total. The Bertz CT molecular complexity index is 602. The fourth-order valence-electron chi connectivity index (χ4n) is 3.77. The molecule has 1 fully saturated rings. The van der Waals surface area contributed by atoms with E-state index in [-0.39, 0.29) is 5.41 Å². The maximum atomic E-state index is 12.6. The largest absolute Gasteiger partial charge is 0.467 e. The maximum Gasteiger partial charge on any atom is 0.408 e. The molecule has 5 nitrogen and oxygen atoms in total. The first kappa shape index (κ1) is 21.3. The summed E-state index contributed by atoms with van der Waals surface area (Å²) in [5.41, 5.74) is 0.657. The number of hydrogen-bond acceptors (Lipinski definition) is 4. The lowest BCUT2D eigenvalue weighted by molar-refractivity contribution is -0.143. The fourth-order valence-corrected chi connectivity index (χ4v) is 3.77. The Morgan fingerprint density at radius 3 is 2.30 bits per heavy atom. The molecule has 0 saturated heterocycles. The van der Waals surface area contributed by atoms with Gasteiger partial charge in [-0.1, -0.05) is 83.2 Å². The van der Waals surface area contributed by atoms with Gasteiger partial charge in [0.25, 0.3) is 0 Å². The van der Waals surface area contributed by atoms with Crippen molar-refractivity contribution in [1.82, 2.24) is 5.32 Å². The van der Waals surface area contributed by atoms with Crippen molar-refractivity contribution in [2.24, 2.45) is 11.3 Å². The number of carbonyl (C=O) groups is 2. The summed E-state index contributed by atoms with van der Waals surface area (Å²) in [5.74, 6) is 0.0280. The van der Waals surface area contributed by atoms with Gasteiger partial charge in [-0.05, 0) is 17.9 Å². The van der Waals surface area contributed by atoms with Crippen LogP contribution in [0.4, 0.5) is 4.79 Å². The van der Waals surface area contributed by atoms with Gasteiger partial charge in [0.15, 0.2) is 0 Å². The molecule has 2 rings (SSSR count). The number of amides is 1. The van der Waals surface area contributed by atoms with E-state index in [4.69, 9.17) is 9.47 Å². The molecule has 1 aromatic carbocycles. The molecule has 0 bridgehead atoms. The van der Waals surface area contributed by atoms with E-state index < -0.39 is 24.2 Å². The zero-order chi connectivity index (χ0) is 19.9. The SMILES string of the molecule is COC(=O)[C@H](CC1CCCCC1)NC(=O)OC(c1ccccc1)C(C)(C)C. The van der Waals surface area contributed by atoms with Gasteiger partial charge in [-0.3, -0.25) is 0 Å². The Labute approximate surface area is 162 Å². The second kappa shape index (κ2) is 9.77. The van der Waals surface area contributed by atoms with E-state index in [0.29, 0.717) is 12.3 Å². The molecular weight excluding hydrogens is 342 g/mol. The van der Waals surface area contributed by atoms with Crippen molar-refractivity contribution >= 4 is 12.1 Å². The van der Waals surface area contributed by atoms with Gasteiger partial charge in [-0.25, -0.2) is 9.59 Å². The first-order valence-electron chi connectivity index (χ1n) is 9.91.